The molecule has 0 radical (unpaired) electrons. The first-order valence-electron chi connectivity index (χ1n) is 8.11. The highest BCUT2D eigenvalue weighted by Gasteiger charge is 2.22. The minimum Gasteiger partial charge on any atom is -0.384 e. The zero-order chi connectivity index (χ0) is 15.1. The Labute approximate surface area is 129 Å². The average molecular weight is 285 g/mol. The molecule has 21 heavy (non-hydrogen) atoms. The molecule has 1 saturated carbocycles. The summed E-state index contributed by atoms with van der Waals surface area (Å²) in [5, 5.41) is 8.77. The molecule has 0 heterocycles. The van der Waals surface area contributed by atoms with Crippen LogP contribution in [0.5, 0.6) is 0 Å². The summed E-state index contributed by atoms with van der Waals surface area (Å²) in [6.07, 6.45) is 6.76. The molecule has 1 fully saturated rings. The van der Waals surface area contributed by atoms with Gasteiger partial charge in [0.15, 0.2) is 0 Å². The standard InChI is InChI=1S/C19H27NO/c1-3-16-9-11-19(12-10-16)20(2)15-18-7-4-6-17(14-18)8-5-13-21/h4,6-7,14,16,19,21H,3,9-13,15H2,1-2H3. The topological polar surface area (TPSA) is 23.5 Å². The molecular formula is C19H27NO. The Bertz CT molecular complexity index is 492. The normalized spacial score (nSPS) is 21.9. The van der Waals surface area contributed by atoms with Gasteiger partial charge in [-0.15, -0.1) is 0 Å². The van der Waals surface area contributed by atoms with Crippen molar-refractivity contribution in [1.82, 2.24) is 4.90 Å². The molecule has 0 aliphatic heterocycles. The van der Waals surface area contributed by atoms with Crippen molar-refractivity contribution < 1.29 is 5.11 Å². The fraction of sp³-hybridized carbons (Fsp3) is 0.579. The van der Waals surface area contributed by atoms with Crippen molar-refractivity contribution >= 4 is 0 Å². The van der Waals surface area contributed by atoms with Crippen molar-refractivity contribution in [2.24, 2.45) is 5.92 Å². The van der Waals surface area contributed by atoms with Crippen LogP contribution in [0.15, 0.2) is 24.3 Å². The largest absolute Gasteiger partial charge is 0.384 e. The average Bonchev–Trinajstić information content (AvgIpc) is 2.53. The Balaban J connectivity index is 1.92. The van der Waals surface area contributed by atoms with Crippen LogP contribution in [0.4, 0.5) is 0 Å². The van der Waals surface area contributed by atoms with Gasteiger partial charge in [0.1, 0.15) is 6.61 Å². The van der Waals surface area contributed by atoms with E-state index in [1.807, 2.05) is 6.07 Å². The number of aliphatic hydroxyl groups excluding tert-OH is 1. The van der Waals surface area contributed by atoms with Gasteiger partial charge in [-0.1, -0.05) is 37.3 Å². The molecule has 114 valence electrons. The van der Waals surface area contributed by atoms with Crippen molar-refractivity contribution in [2.45, 2.75) is 51.6 Å². The highest BCUT2D eigenvalue weighted by atomic mass is 16.2. The maximum absolute atomic E-state index is 8.77. The number of benzene rings is 1. The first kappa shape index (κ1) is 16.1. The van der Waals surface area contributed by atoms with E-state index >= 15 is 0 Å². The number of hydrogen-bond donors (Lipinski definition) is 1. The Morgan fingerprint density at radius 2 is 2.00 bits per heavy atom. The first-order chi connectivity index (χ1) is 10.2. The van der Waals surface area contributed by atoms with Gasteiger partial charge in [0.25, 0.3) is 0 Å². The fourth-order valence-corrected chi connectivity index (χ4v) is 3.30. The molecule has 0 aromatic heterocycles. The van der Waals surface area contributed by atoms with E-state index in [1.54, 1.807) is 0 Å². The second-order valence-electron chi connectivity index (χ2n) is 6.16. The first-order valence-corrected chi connectivity index (χ1v) is 8.11. The molecule has 0 atom stereocenters. The summed E-state index contributed by atoms with van der Waals surface area (Å²) in [4.78, 5) is 2.49. The summed E-state index contributed by atoms with van der Waals surface area (Å²) in [6.45, 7) is 3.22. The highest BCUT2D eigenvalue weighted by molar-refractivity contribution is 5.37. The van der Waals surface area contributed by atoms with E-state index in [0.717, 1.165) is 24.1 Å². The molecule has 0 spiro atoms. The Morgan fingerprint density at radius 1 is 1.24 bits per heavy atom. The highest BCUT2D eigenvalue weighted by Crippen LogP contribution is 2.29. The summed E-state index contributed by atoms with van der Waals surface area (Å²) in [5.74, 6) is 6.64. The van der Waals surface area contributed by atoms with Crippen molar-refractivity contribution in [3.63, 3.8) is 0 Å². The predicted octanol–water partition coefficient (Wildman–Crippen LogP) is 3.43. The lowest BCUT2D eigenvalue weighted by molar-refractivity contribution is 0.157. The van der Waals surface area contributed by atoms with Gasteiger partial charge in [-0.3, -0.25) is 4.90 Å². The second-order valence-corrected chi connectivity index (χ2v) is 6.16. The maximum Gasteiger partial charge on any atom is 0.104 e. The summed E-state index contributed by atoms with van der Waals surface area (Å²) in [5.41, 5.74) is 2.30. The molecule has 0 saturated heterocycles. The second kappa shape index (κ2) is 8.22. The van der Waals surface area contributed by atoms with Gasteiger partial charge in [-0.05, 0) is 56.3 Å². The van der Waals surface area contributed by atoms with Crippen LogP contribution in [0.3, 0.4) is 0 Å². The van der Waals surface area contributed by atoms with Crippen molar-refractivity contribution in [2.75, 3.05) is 13.7 Å². The van der Waals surface area contributed by atoms with Crippen molar-refractivity contribution in [1.29, 1.82) is 0 Å². The van der Waals surface area contributed by atoms with Gasteiger partial charge in [0, 0.05) is 18.2 Å². The smallest absolute Gasteiger partial charge is 0.104 e. The summed E-state index contributed by atoms with van der Waals surface area (Å²) in [6, 6.07) is 9.08. The van der Waals surface area contributed by atoms with Crippen LogP contribution in [0.25, 0.3) is 0 Å². The number of hydrogen-bond acceptors (Lipinski definition) is 2. The monoisotopic (exact) mass is 285 g/mol. The zero-order valence-corrected chi connectivity index (χ0v) is 13.3. The van der Waals surface area contributed by atoms with E-state index in [4.69, 9.17) is 5.11 Å². The number of rotatable bonds is 4. The van der Waals surface area contributed by atoms with Crippen LogP contribution in [0, 0.1) is 17.8 Å². The van der Waals surface area contributed by atoms with Crippen LogP contribution in [-0.2, 0) is 6.54 Å². The fourth-order valence-electron chi connectivity index (χ4n) is 3.30. The minimum atomic E-state index is -0.0786. The summed E-state index contributed by atoms with van der Waals surface area (Å²) >= 11 is 0. The molecule has 1 aromatic carbocycles. The molecule has 2 heteroatoms. The molecule has 1 N–H and O–H groups in total. The maximum atomic E-state index is 8.77. The summed E-state index contributed by atoms with van der Waals surface area (Å²) < 4.78 is 0. The number of nitrogens with zero attached hydrogens (tertiary/aromatic N) is 1. The van der Waals surface area contributed by atoms with E-state index in [9.17, 15) is 0 Å². The van der Waals surface area contributed by atoms with Gasteiger partial charge in [-0.2, -0.15) is 0 Å². The lowest BCUT2D eigenvalue weighted by Crippen LogP contribution is -2.34. The Morgan fingerprint density at radius 3 is 2.67 bits per heavy atom. The van der Waals surface area contributed by atoms with E-state index in [-0.39, 0.29) is 6.61 Å². The third kappa shape index (κ3) is 4.88. The third-order valence-corrected chi connectivity index (χ3v) is 4.69. The van der Waals surface area contributed by atoms with E-state index in [1.165, 1.54) is 37.7 Å². The van der Waals surface area contributed by atoms with E-state index in [2.05, 4.69) is 48.9 Å². The third-order valence-electron chi connectivity index (χ3n) is 4.69. The lowest BCUT2D eigenvalue weighted by Gasteiger charge is -2.34. The van der Waals surface area contributed by atoms with E-state index in [0.29, 0.717) is 0 Å². The molecule has 1 aliphatic rings. The van der Waals surface area contributed by atoms with Gasteiger partial charge in [0.05, 0.1) is 0 Å². The molecule has 0 amide bonds. The van der Waals surface area contributed by atoms with Crippen LogP contribution < -0.4 is 0 Å². The van der Waals surface area contributed by atoms with Crippen LogP contribution in [0.1, 0.15) is 50.2 Å². The van der Waals surface area contributed by atoms with Gasteiger partial charge < -0.3 is 5.11 Å². The molecule has 2 nitrogen and oxygen atoms in total. The SMILES string of the molecule is CCC1CCC(N(C)Cc2cccc(C#CCO)c2)CC1. The molecule has 1 aliphatic carbocycles. The molecule has 2 rings (SSSR count). The zero-order valence-electron chi connectivity index (χ0n) is 13.3. The van der Waals surface area contributed by atoms with Gasteiger partial charge in [0.2, 0.25) is 0 Å². The Hall–Kier alpha value is -1.30. The van der Waals surface area contributed by atoms with Crippen LogP contribution in [-0.4, -0.2) is 29.7 Å². The van der Waals surface area contributed by atoms with E-state index < -0.39 is 0 Å². The van der Waals surface area contributed by atoms with Crippen LogP contribution in [0.2, 0.25) is 0 Å². The van der Waals surface area contributed by atoms with Crippen LogP contribution >= 0.6 is 0 Å². The molecule has 0 bridgehead atoms. The number of aliphatic hydroxyl groups is 1. The Kier molecular flexibility index (Phi) is 6.29. The van der Waals surface area contributed by atoms with Crippen molar-refractivity contribution in [3.05, 3.63) is 35.4 Å². The van der Waals surface area contributed by atoms with Gasteiger partial charge in [-0.25, -0.2) is 0 Å². The molecule has 0 unspecified atom stereocenters. The predicted molar refractivity (Wildman–Crippen MR) is 87.9 cm³/mol. The van der Waals surface area contributed by atoms with Gasteiger partial charge >= 0.3 is 0 Å². The lowest BCUT2D eigenvalue weighted by atomic mass is 9.84. The quantitative estimate of drug-likeness (QED) is 0.857. The minimum absolute atomic E-state index is 0.0786. The molecule has 1 aromatic rings. The summed E-state index contributed by atoms with van der Waals surface area (Å²) in [7, 11) is 2.24. The molecular weight excluding hydrogens is 258 g/mol. The van der Waals surface area contributed by atoms with Crippen molar-refractivity contribution in [3.8, 4) is 11.8 Å².